The smallest absolute Gasteiger partial charge is 0.237 e. The van der Waals surface area contributed by atoms with Gasteiger partial charge in [-0.25, -0.2) is 0 Å². The Hall–Kier alpha value is -1.43. The van der Waals surface area contributed by atoms with Gasteiger partial charge in [0.25, 0.3) is 0 Å². The summed E-state index contributed by atoms with van der Waals surface area (Å²) < 4.78 is 1.88. The van der Waals surface area contributed by atoms with Crippen molar-refractivity contribution in [1.82, 2.24) is 20.1 Å². The fourth-order valence-electron chi connectivity index (χ4n) is 1.27. The van der Waals surface area contributed by atoms with Gasteiger partial charge in [0.05, 0.1) is 12.6 Å². The average molecular weight is 225 g/mol. The van der Waals surface area contributed by atoms with Gasteiger partial charge in [-0.1, -0.05) is 13.8 Å². The molecule has 3 N–H and O–H groups in total. The first-order valence-electron chi connectivity index (χ1n) is 5.46. The number of aryl methyl sites for hydroxylation is 1. The van der Waals surface area contributed by atoms with E-state index in [1.54, 1.807) is 6.33 Å². The Labute approximate surface area is 95.2 Å². The van der Waals surface area contributed by atoms with Gasteiger partial charge in [-0.05, 0) is 12.8 Å². The third-order valence-electron chi connectivity index (χ3n) is 2.48. The van der Waals surface area contributed by atoms with Crippen molar-refractivity contribution in [3.05, 3.63) is 12.2 Å². The van der Waals surface area contributed by atoms with Crippen LogP contribution in [0.2, 0.25) is 0 Å². The van der Waals surface area contributed by atoms with Gasteiger partial charge in [-0.15, -0.1) is 10.2 Å². The summed E-state index contributed by atoms with van der Waals surface area (Å²) in [7, 11) is 0. The predicted octanol–water partition coefficient (Wildman–Crippen LogP) is -0.102. The van der Waals surface area contributed by atoms with Gasteiger partial charge >= 0.3 is 0 Å². The van der Waals surface area contributed by atoms with E-state index in [0.717, 1.165) is 12.4 Å². The predicted molar refractivity (Wildman–Crippen MR) is 60.4 cm³/mol. The molecule has 0 aromatic carbocycles. The molecular weight excluding hydrogens is 206 g/mol. The Morgan fingerprint density at radius 2 is 2.31 bits per heavy atom. The number of hydrogen-bond donors (Lipinski definition) is 2. The van der Waals surface area contributed by atoms with Crippen molar-refractivity contribution in [3.63, 3.8) is 0 Å². The number of hydrogen-bond acceptors (Lipinski definition) is 4. The van der Waals surface area contributed by atoms with Crippen LogP contribution < -0.4 is 11.1 Å². The van der Waals surface area contributed by atoms with E-state index in [2.05, 4.69) is 15.5 Å². The molecule has 0 bridgehead atoms. The maximum atomic E-state index is 11.6. The molecule has 1 aromatic rings. The minimum absolute atomic E-state index is 0.129. The zero-order chi connectivity index (χ0) is 12.1. The highest BCUT2D eigenvalue weighted by Gasteiger charge is 2.17. The van der Waals surface area contributed by atoms with E-state index in [-0.39, 0.29) is 11.8 Å². The molecule has 0 saturated carbocycles. The minimum Gasteiger partial charge on any atom is -0.347 e. The van der Waals surface area contributed by atoms with Gasteiger partial charge < -0.3 is 15.6 Å². The molecule has 1 atom stereocenters. The number of nitrogens with one attached hydrogen (secondary N) is 1. The molecule has 0 saturated heterocycles. The molecule has 0 aliphatic carbocycles. The van der Waals surface area contributed by atoms with Crippen LogP contribution in [0.15, 0.2) is 6.33 Å². The molecule has 16 heavy (non-hydrogen) atoms. The van der Waals surface area contributed by atoms with Gasteiger partial charge in [0, 0.05) is 6.54 Å². The lowest BCUT2D eigenvalue weighted by Crippen LogP contribution is -2.43. The number of nitrogens with zero attached hydrogens (tertiary/aromatic N) is 3. The zero-order valence-corrected chi connectivity index (χ0v) is 9.97. The highest BCUT2D eigenvalue weighted by atomic mass is 16.2. The van der Waals surface area contributed by atoms with Crippen LogP contribution in [0.25, 0.3) is 0 Å². The maximum absolute atomic E-state index is 11.6. The summed E-state index contributed by atoms with van der Waals surface area (Å²) in [5.41, 5.74) is 5.72. The van der Waals surface area contributed by atoms with Crippen molar-refractivity contribution in [2.45, 2.75) is 39.9 Å². The van der Waals surface area contributed by atoms with Crippen LogP contribution in [0.4, 0.5) is 0 Å². The normalized spacial score (nSPS) is 12.8. The van der Waals surface area contributed by atoms with E-state index >= 15 is 0 Å². The summed E-state index contributed by atoms with van der Waals surface area (Å²) in [6.07, 6.45) is 1.64. The SMILES string of the molecule is CCn1cnnc1CNC(=O)C(N)C(C)C. The molecule has 6 heteroatoms. The van der Waals surface area contributed by atoms with E-state index < -0.39 is 6.04 Å². The van der Waals surface area contributed by atoms with Crippen LogP contribution in [0.3, 0.4) is 0 Å². The van der Waals surface area contributed by atoms with Crippen molar-refractivity contribution in [3.8, 4) is 0 Å². The van der Waals surface area contributed by atoms with E-state index in [4.69, 9.17) is 5.73 Å². The average Bonchev–Trinajstić information content (AvgIpc) is 2.71. The Morgan fingerprint density at radius 1 is 1.62 bits per heavy atom. The van der Waals surface area contributed by atoms with Gasteiger partial charge in [0.1, 0.15) is 6.33 Å². The summed E-state index contributed by atoms with van der Waals surface area (Å²) in [6, 6.07) is -0.474. The van der Waals surface area contributed by atoms with Crippen molar-refractivity contribution < 1.29 is 4.79 Å². The van der Waals surface area contributed by atoms with Gasteiger partial charge in [0.2, 0.25) is 5.91 Å². The van der Waals surface area contributed by atoms with E-state index in [9.17, 15) is 4.79 Å². The molecule has 0 radical (unpaired) electrons. The molecule has 1 heterocycles. The van der Waals surface area contributed by atoms with Gasteiger partial charge in [-0.2, -0.15) is 0 Å². The number of nitrogens with two attached hydrogens (primary N) is 1. The van der Waals surface area contributed by atoms with E-state index in [1.807, 2.05) is 25.3 Å². The molecule has 0 fully saturated rings. The second-order valence-electron chi connectivity index (χ2n) is 4.02. The lowest BCUT2D eigenvalue weighted by atomic mass is 10.1. The monoisotopic (exact) mass is 225 g/mol. The molecule has 1 unspecified atom stereocenters. The highest BCUT2D eigenvalue weighted by Crippen LogP contribution is 1.99. The first kappa shape index (κ1) is 12.6. The third-order valence-corrected chi connectivity index (χ3v) is 2.48. The summed E-state index contributed by atoms with van der Waals surface area (Å²) in [5.74, 6) is 0.719. The topological polar surface area (TPSA) is 85.8 Å². The third kappa shape index (κ3) is 3.03. The van der Waals surface area contributed by atoms with E-state index in [0.29, 0.717) is 6.54 Å². The number of carbonyl (C=O) groups excluding carboxylic acids is 1. The fourth-order valence-corrected chi connectivity index (χ4v) is 1.27. The molecule has 0 aliphatic rings. The fraction of sp³-hybridized carbons (Fsp3) is 0.700. The lowest BCUT2D eigenvalue weighted by Gasteiger charge is -2.15. The standard InChI is InChI=1S/C10H19N5O/c1-4-15-6-13-14-8(15)5-12-10(16)9(11)7(2)3/h6-7,9H,4-5,11H2,1-3H3,(H,12,16). The minimum atomic E-state index is -0.474. The highest BCUT2D eigenvalue weighted by molar-refractivity contribution is 5.81. The molecule has 1 rings (SSSR count). The molecular formula is C10H19N5O. The molecule has 90 valence electrons. The molecule has 1 aromatic heterocycles. The van der Waals surface area contributed by atoms with Crippen molar-refractivity contribution in [2.75, 3.05) is 0 Å². The molecule has 6 nitrogen and oxygen atoms in total. The maximum Gasteiger partial charge on any atom is 0.237 e. The van der Waals surface area contributed by atoms with Crippen LogP contribution in [0.5, 0.6) is 0 Å². The summed E-state index contributed by atoms with van der Waals surface area (Å²) >= 11 is 0. The number of aromatic nitrogens is 3. The van der Waals surface area contributed by atoms with Crippen molar-refractivity contribution in [2.24, 2.45) is 11.7 Å². The first-order valence-corrected chi connectivity index (χ1v) is 5.46. The number of carbonyl (C=O) groups is 1. The van der Waals surface area contributed by atoms with Gasteiger partial charge in [0.15, 0.2) is 5.82 Å². The molecule has 0 aliphatic heterocycles. The number of rotatable bonds is 5. The molecule has 0 spiro atoms. The lowest BCUT2D eigenvalue weighted by molar-refractivity contribution is -0.123. The van der Waals surface area contributed by atoms with E-state index in [1.165, 1.54) is 0 Å². The molecule has 1 amide bonds. The second-order valence-corrected chi connectivity index (χ2v) is 4.02. The van der Waals surface area contributed by atoms with Gasteiger partial charge in [-0.3, -0.25) is 4.79 Å². The van der Waals surface area contributed by atoms with Crippen LogP contribution in [-0.4, -0.2) is 26.7 Å². The largest absolute Gasteiger partial charge is 0.347 e. The van der Waals surface area contributed by atoms with Crippen LogP contribution in [-0.2, 0) is 17.9 Å². The van der Waals surface area contributed by atoms with Crippen LogP contribution in [0.1, 0.15) is 26.6 Å². The second kappa shape index (κ2) is 5.60. The quantitative estimate of drug-likeness (QED) is 0.732. The Balaban J connectivity index is 2.49. The Morgan fingerprint density at radius 3 is 2.88 bits per heavy atom. The summed E-state index contributed by atoms with van der Waals surface area (Å²) in [4.78, 5) is 11.6. The zero-order valence-electron chi connectivity index (χ0n) is 9.97. The van der Waals surface area contributed by atoms with Crippen LogP contribution in [0, 0.1) is 5.92 Å². The number of amides is 1. The van der Waals surface area contributed by atoms with Crippen LogP contribution >= 0.6 is 0 Å². The van der Waals surface area contributed by atoms with Crippen molar-refractivity contribution in [1.29, 1.82) is 0 Å². The summed E-state index contributed by atoms with van der Waals surface area (Å²) in [5, 5.41) is 10.5. The summed E-state index contributed by atoms with van der Waals surface area (Å²) in [6.45, 7) is 6.98. The Bertz CT molecular complexity index is 347. The van der Waals surface area contributed by atoms with Crippen molar-refractivity contribution >= 4 is 5.91 Å². The first-order chi connectivity index (χ1) is 7.56. The Kier molecular flexibility index (Phi) is 4.42.